The molecule has 0 saturated heterocycles. The highest BCUT2D eigenvalue weighted by molar-refractivity contribution is 7.16. The van der Waals surface area contributed by atoms with Gasteiger partial charge in [0.15, 0.2) is 0 Å². The van der Waals surface area contributed by atoms with Crippen molar-refractivity contribution in [1.82, 2.24) is 4.57 Å². The van der Waals surface area contributed by atoms with Crippen molar-refractivity contribution in [2.75, 3.05) is 6.61 Å². The van der Waals surface area contributed by atoms with Gasteiger partial charge in [0, 0.05) is 6.42 Å². The van der Waals surface area contributed by atoms with Crippen LogP contribution in [0, 0.1) is 5.92 Å². The molecule has 2 aromatic rings. The van der Waals surface area contributed by atoms with Crippen molar-refractivity contribution in [3.63, 3.8) is 0 Å². The first-order valence-corrected chi connectivity index (χ1v) is 7.13. The molecule has 0 radical (unpaired) electrons. The summed E-state index contributed by atoms with van der Waals surface area (Å²) in [6, 6.07) is 7.63. The van der Waals surface area contributed by atoms with Crippen LogP contribution in [0.5, 0.6) is 0 Å². The number of carbonyl (C=O) groups excluding carboxylic acids is 1. The zero-order valence-electron chi connectivity index (χ0n) is 11.1. The SMILES string of the molecule is CC(C)CC(=O)OCCn1c(=O)sc2ccccc21. The molecule has 0 spiro atoms. The van der Waals surface area contributed by atoms with Gasteiger partial charge in [-0.3, -0.25) is 14.2 Å². The maximum atomic E-state index is 11.8. The summed E-state index contributed by atoms with van der Waals surface area (Å²) in [5.74, 6) is 0.0831. The molecular weight excluding hydrogens is 262 g/mol. The van der Waals surface area contributed by atoms with Crippen molar-refractivity contribution in [3.8, 4) is 0 Å². The van der Waals surface area contributed by atoms with Gasteiger partial charge in [-0.15, -0.1) is 0 Å². The fourth-order valence-electron chi connectivity index (χ4n) is 1.87. The lowest BCUT2D eigenvalue weighted by molar-refractivity contribution is -0.144. The first-order valence-electron chi connectivity index (χ1n) is 6.32. The lowest BCUT2D eigenvalue weighted by Gasteiger charge is -2.07. The Hall–Kier alpha value is -1.62. The van der Waals surface area contributed by atoms with Gasteiger partial charge in [-0.05, 0) is 18.1 Å². The van der Waals surface area contributed by atoms with E-state index in [2.05, 4.69) is 0 Å². The van der Waals surface area contributed by atoms with Crippen LogP contribution in [0.4, 0.5) is 0 Å². The molecule has 2 rings (SSSR count). The molecule has 0 aliphatic heterocycles. The Morgan fingerprint density at radius 2 is 2.11 bits per heavy atom. The fourth-order valence-corrected chi connectivity index (χ4v) is 2.79. The first kappa shape index (κ1) is 13.8. The quantitative estimate of drug-likeness (QED) is 0.791. The van der Waals surface area contributed by atoms with E-state index in [9.17, 15) is 9.59 Å². The Kier molecular flexibility index (Phi) is 4.37. The number of nitrogens with zero attached hydrogens (tertiary/aromatic N) is 1. The average Bonchev–Trinajstić information content (AvgIpc) is 2.65. The largest absolute Gasteiger partial charge is 0.464 e. The molecule has 0 unspecified atom stereocenters. The molecule has 1 aromatic carbocycles. The summed E-state index contributed by atoms with van der Waals surface area (Å²) < 4.78 is 7.75. The Labute approximate surface area is 115 Å². The number of thiazole rings is 1. The number of fused-ring (bicyclic) bond motifs is 1. The van der Waals surface area contributed by atoms with Gasteiger partial charge in [0.2, 0.25) is 0 Å². The molecule has 4 nitrogen and oxygen atoms in total. The second-order valence-corrected chi connectivity index (χ2v) is 5.80. The molecule has 19 heavy (non-hydrogen) atoms. The van der Waals surface area contributed by atoms with Crippen molar-refractivity contribution < 1.29 is 9.53 Å². The van der Waals surface area contributed by atoms with E-state index in [4.69, 9.17) is 4.74 Å². The van der Waals surface area contributed by atoms with Crippen LogP contribution in [0.25, 0.3) is 10.2 Å². The molecule has 0 aliphatic rings. The van der Waals surface area contributed by atoms with Gasteiger partial charge in [-0.1, -0.05) is 37.3 Å². The molecule has 0 bridgehead atoms. The van der Waals surface area contributed by atoms with E-state index in [1.165, 1.54) is 11.3 Å². The molecule has 0 aliphatic carbocycles. The summed E-state index contributed by atoms with van der Waals surface area (Å²) in [6.45, 7) is 4.59. The van der Waals surface area contributed by atoms with Crippen molar-refractivity contribution in [3.05, 3.63) is 33.9 Å². The summed E-state index contributed by atoms with van der Waals surface area (Å²) in [5.41, 5.74) is 0.900. The van der Waals surface area contributed by atoms with Gasteiger partial charge in [0.05, 0.1) is 16.8 Å². The van der Waals surface area contributed by atoms with Crippen molar-refractivity contribution >= 4 is 27.5 Å². The number of benzene rings is 1. The summed E-state index contributed by atoms with van der Waals surface area (Å²) >= 11 is 1.22. The molecule has 5 heteroatoms. The lowest BCUT2D eigenvalue weighted by Crippen LogP contribution is -2.18. The second kappa shape index (κ2) is 6.02. The number of hydrogen-bond acceptors (Lipinski definition) is 4. The predicted molar refractivity (Wildman–Crippen MR) is 76.5 cm³/mol. The highest BCUT2D eigenvalue weighted by atomic mass is 32.1. The average molecular weight is 279 g/mol. The zero-order valence-corrected chi connectivity index (χ0v) is 11.9. The van der Waals surface area contributed by atoms with Crippen molar-refractivity contribution in [2.24, 2.45) is 5.92 Å². The molecular formula is C14H17NO3S. The van der Waals surface area contributed by atoms with Crippen LogP contribution in [0.2, 0.25) is 0 Å². The summed E-state index contributed by atoms with van der Waals surface area (Å²) in [6.07, 6.45) is 0.416. The Morgan fingerprint density at radius 3 is 2.84 bits per heavy atom. The number of ether oxygens (including phenoxy) is 1. The van der Waals surface area contributed by atoms with E-state index in [0.29, 0.717) is 13.0 Å². The molecule has 0 amide bonds. The van der Waals surface area contributed by atoms with Gasteiger partial charge in [0.25, 0.3) is 0 Å². The minimum absolute atomic E-state index is 0.0129. The topological polar surface area (TPSA) is 48.3 Å². The van der Waals surface area contributed by atoms with Crippen molar-refractivity contribution in [2.45, 2.75) is 26.8 Å². The van der Waals surface area contributed by atoms with Crippen molar-refractivity contribution in [1.29, 1.82) is 0 Å². The van der Waals surface area contributed by atoms with Gasteiger partial charge >= 0.3 is 10.8 Å². The monoisotopic (exact) mass is 279 g/mol. The van der Waals surface area contributed by atoms with E-state index in [1.54, 1.807) is 4.57 Å². The minimum atomic E-state index is -0.206. The van der Waals surface area contributed by atoms with Gasteiger partial charge < -0.3 is 4.74 Å². The van der Waals surface area contributed by atoms with Crippen LogP contribution in [0.3, 0.4) is 0 Å². The molecule has 1 heterocycles. The second-order valence-electron chi connectivity index (χ2n) is 4.81. The van der Waals surface area contributed by atoms with E-state index in [0.717, 1.165) is 10.2 Å². The number of esters is 1. The predicted octanol–water partition coefficient (Wildman–Crippen LogP) is 2.65. The number of hydrogen-bond donors (Lipinski definition) is 0. The Bertz CT molecular complexity index is 627. The van der Waals surface area contributed by atoms with Crippen LogP contribution < -0.4 is 4.87 Å². The number of aromatic nitrogens is 1. The van der Waals surface area contributed by atoms with Crippen LogP contribution in [-0.4, -0.2) is 17.1 Å². The standard InChI is InChI=1S/C14H17NO3S/c1-10(2)9-13(16)18-8-7-15-11-5-3-4-6-12(11)19-14(15)17/h3-6,10H,7-9H2,1-2H3. The Balaban J connectivity index is 2.00. The van der Waals surface area contributed by atoms with E-state index < -0.39 is 0 Å². The summed E-state index contributed by atoms with van der Waals surface area (Å²) in [7, 11) is 0. The maximum Gasteiger partial charge on any atom is 0.308 e. The highest BCUT2D eigenvalue weighted by Gasteiger charge is 2.09. The Morgan fingerprint density at radius 1 is 1.37 bits per heavy atom. The van der Waals surface area contributed by atoms with Crippen LogP contribution >= 0.6 is 11.3 Å². The first-order chi connectivity index (χ1) is 9.08. The number of carbonyl (C=O) groups is 1. The molecule has 1 aromatic heterocycles. The van der Waals surface area contributed by atoms with Crippen LogP contribution in [-0.2, 0) is 16.1 Å². The highest BCUT2D eigenvalue weighted by Crippen LogP contribution is 2.16. The lowest BCUT2D eigenvalue weighted by atomic mass is 10.1. The van der Waals surface area contributed by atoms with Gasteiger partial charge in [-0.2, -0.15) is 0 Å². The third-order valence-corrected chi connectivity index (χ3v) is 3.69. The molecule has 0 atom stereocenters. The van der Waals surface area contributed by atoms with Gasteiger partial charge in [0.1, 0.15) is 6.61 Å². The van der Waals surface area contributed by atoms with Crippen LogP contribution in [0.15, 0.2) is 29.1 Å². The smallest absolute Gasteiger partial charge is 0.308 e. The third-order valence-electron chi connectivity index (χ3n) is 2.73. The molecule has 102 valence electrons. The van der Waals surface area contributed by atoms with Crippen LogP contribution in [0.1, 0.15) is 20.3 Å². The minimum Gasteiger partial charge on any atom is -0.464 e. The maximum absolute atomic E-state index is 11.8. The fraction of sp³-hybridized carbons (Fsp3) is 0.429. The van der Waals surface area contributed by atoms with E-state index in [-0.39, 0.29) is 23.4 Å². The number of rotatable bonds is 5. The summed E-state index contributed by atoms with van der Waals surface area (Å²) in [5, 5.41) is 0. The van der Waals surface area contributed by atoms with E-state index in [1.807, 2.05) is 38.1 Å². The van der Waals surface area contributed by atoms with Gasteiger partial charge in [-0.25, -0.2) is 0 Å². The third kappa shape index (κ3) is 3.44. The number of para-hydroxylation sites is 1. The molecule has 0 N–H and O–H groups in total. The normalized spacial score (nSPS) is 11.1. The van der Waals surface area contributed by atoms with E-state index >= 15 is 0 Å². The molecule has 0 saturated carbocycles. The zero-order chi connectivity index (χ0) is 13.8. The summed E-state index contributed by atoms with van der Waals surface area (Å²) in [4.78, 5) is 23.2. The molecule has 0 fully saturated rings.